The van der Waals surface area contributed by atoms with Crippen molar-refractivity contribution in [3.8, 4) is 11.3 Å². The second-order valence-corrected chi connectivity index (χ2v) is 6.51. The number of rotatable bonds is 5. The van der Waals surface area contributed by atoms with Crippen LogP contribution in [0.1, 0.15) is 17.9 Å². The van der Waals surface area contributed by atoms with E-state index in [1.807, 2.05) is 25.1 Å². The first kappa shape index (κ1) is 17.4. The van der Waals surface area contributed by atoms with Crippen molar-refractivity contribution in [3.05, 3.63) is 70.4 Å². The Balaban J connectivity index is 1.58. The van der Waals surface area contributed by atoms with E-state index >= 15 is 0 Å². The van der Waals surface area contributed by atoms with Gasteiger partial charge in [0.1, 0.15) is 5.82 Å². The Kier molecular flexibility index (Phi) is 5.28. The Bertz CT molecular complexity index is 891. The Labute approximate surface area is 153 Å². The third-order valence-electron chi connectivity index (χ3n) is 3.65. The summed E-state index contributed by atoms with van der Waals surface area (Å²) >= 11 is 3.43. The summed E-state index contributed by atoms with van der Waals surface area (Å²) in [5.74, 6) is 0.600. The van der Waals surface area contributed by atoms with Crippen molar-refractivity contribution in [1.82, 2.24) is 4.98 Å². The van der Waals surface area contributed by atoms with Gasteiger partial charge >= 0.3 is 0 Å². The first-order chi connectivity index (χ1) is 12.0. The summed E-state index contributed by atoms with van der Waals surface area (Å²) in [6, 6.07) is 11.7. The van der Waals surface area contributed by atoms with E-state index in [4.69, 9.17) is 4.42 Å². The maximum Gasteiger partial charge on any atom is 0.224 e. The summed E-state index contributed by atoms with van der Waals surface area (Å²) in [6.45, 7) is 1.98. The monoisotopic (exact) mass is 402 g/mol. The molecule has 0 saturated heterocycles. The van der Waals surface area contributed by atoms with Crippen LogP contribution in [0.3, 0.4) is 0 Å². The molecule has 1 heterocycles. The Morgan fingerprint density at radius 3 is 2.72 bits per heavy atom. The number of benzene rings is 2. The van der Waals surface area contributed by atoms with E-state index in [9.17, 15) is 9.18 Å². The molecule has 0 radical (unpaired) electrons. The number of hydrogen-bond donors (Lipinski definition) is 1. The number of oxazole rings is 1. The van der Waals surface area contributed by atoms with E-state index in [-0.39, 0.29) is 18.1 Å². The number of aryl methyl sites for hydroxylation is 2. The number of halogens is 2. The lowest BCUT2D eigenvalue weighted by Crippen LogP contribution is -2.12. The number of carbonyl (C=O) groups excluding carboxylic acids is 1. The highest BCUT2D eigenvalue weighted by molar-refractivity contribution is 9.10. The molecule has 1 aromatic heterocycles. The first-order valence-corrected chi connectivity index (χ1v) is 8.57. The molecule has 0 aliphatic carbocycles. The van der Waals surface area contributed by atoms with Crippen LogP contribution in [0.2, 0.25) is 0 Å². The van der Waals surface area contributed by atoms with Gasteiger partial charge in [-0.15, -0.1) is 0 Å². The summed E-state index contributed by atoms with van der Waals surface area (Å²) in [4.78, 5) is 16.3. The molecule has 25 heavy (non-hydrogen) atoms. The van der Waals surface area contributed by atoms with Gasteiger partial charge in [0.05, 0.1) is 11.9 Å². The number of nitrogens with zero attached hydrogens (tertiary/aromatic N) is 1. The standard InChI is InChI=1S/C19H16BrFN2O2/c1-12-2-7-16(15(20)10-12)23-18(24)8-9-19-22-11-17(25-19)13-3-5-14(21)6-4-13/h2-7,10-11H,8-9H2,1H3,(H,23,24). The number of anilines is 1. The Hall–Kier alpha value is -2.47. The van der Waals surface area contributed by atoms with Gasteiger partial charge in [-0.1, -0.05) is 6.07 Å². The number of carbonyl (C=O) groups is 1. The molecule has 4 nitrogen and oxygen atoms in total. The van der Waals surface area contributed by atoms with Crippen LogP contribution in [0, 0.1) is 12.7 Å². The zero-order valence-corrected chi connectivity index (χ0v) is 15.1. The lowest BCUT2D eigenvalue weighted by atomic mass is 10.2. The second-order valence-electron chi connectivity index (χ2n) is 5.66. The fraction of sp³-hybridized carbons (Fsp3) is 0.158. The molecule has 128 valence electrons. The third-order valence-corrected chi connectivity index (χ3v) is 4.30. The molecule has 0 spiro atoms. The zero-order chi connectivity index (χ0) is 17.8. The largest absolute Gasteiger partial charge is 0.441 e. The molecular formula is C19H16BrFN2O2. The summed E-state index contributed by atoms with van der Waals surface area (Å²) < 4.78 is 19.4. The molecule has 3 aromatic rings. The van der Waals surface area contributed by atoms with Crippen LogP contribution in [-0.4, -0.2) is 10.9 Å². The molecule has 0 saturated carbocycles. The van der Waals surface area contributed by atoms with E-state index in [0.29, 0.717) is 18.1 Å². The lowest BCUT2D eigenvalue weighted by molar-refractivity contribution is -0.116. The smallest absolute Gasteiger partial charge is 0.224 e. The topological polar surface area (TPSA) is 55.1 Å². The molecule has 0 unspecified atom stereocenters. The molecular weight excluding hydrogens is 387 g/mol. The van der Waals surface area contributed by atoms with E-state index in [1.165, 1.54) is 12.1 Å². The van der Waals surface area contributed by atoms with Gasteiger partial charge in [0.2, 0.25) is 5.91 Å². The maximum atomic E-state index is 13.0. The van der Waals surface area contributed by atoms with E-state index in [0.717, 1.165) is 21.3 Å². The van der Waals surface area contributed by atoms with Crippen molar-refractivity contribution >= 4 is 27.5 Å². The molecule has 3 rings (SSSR count). The van der Waals surface area contributed by atoms with Crippen molar-refractivity contribution in [1.29, 1.82) is 0 Å². The predicted octanol–water partition coefficient (Wildman–Crippen LogP) is 5.12. The predicted molar refractivity (Wildman–Crippen MR) is 97.7 cm³/mol. The second kappa shape index (κ2) is 7.61. The molecule has 1 N–H and O–H groups in total. The van der Waals surface area contributed by atoms with Gasteiger partial charge in [0.25, 0.3) is 0 Å². The molecule has 0 fully saturated rings. The highest BCUT2D eigenvalue weighted by Crippen LogP contribution is 2.24. The highest BCUT2D eigenvalue weighted by atomic mass is 79.9. The molecule has 0 bridgehead atoms. The van der Waals surface area contributed by atoms with Crippen LogP contribution in [0.5, 0.6) is 0 Å². The van der Waals surface area contributed by atoms with E-state index < -0.39 is 0 Å². The van der Waals surface area contributed by atoms with Crippen molar-refractivity contribution < 1.29 is 13.6 Å². The number of aromatic nitrogens is 1. The molecule has 1 amide bonds. The number of nitrogens with one attached hydrogen (secondary N) is 1. The minimum atomic E-state index is -0.303. The third kappa shape index (κ3) is 4.54. The Morgan fingerprint density at radius 1 is 1.24 bits per heavy atom. The van der Waals surface area contributed by atoms with Crippen molar-refractivity contribution in [3.63, 3.8) is 0 Å². The summed E-state index contributed by atoms with van der Waals surface area (Å²) in [5.41, 5.74) is 2.58. The van der Waals surface area contributed by atoms with Gasteiger partial charge < -0.3 is 9.73 Å². The molecule has 2 aromatic carbocycles. The average Bonchev–Trinajstić information content (AvgIpc) is 3.05. The SMILES string of the molecule is Cc1ccc(NC(=O)CCc2ncc(-c3ccc(F)cc3)o2)c(Br)c1. The fourth-order valence-corrected chi connectivity index (χ4v) is 2.92. The fourth-order valence-electron chi connectivity index (χ4n) is 2.33. The maximum absolute atomic E-state index is 13.0. The molecule has 0 atom stereocenters. The van der Waals surface area contributed by atoms with Crippen molar-refractivity contribution in [2.45, 2.75) is 19.8 Å². The van der Waals surface area contributed by atoms with Crippen molar-refractivity contribution in [2.75, 3.05) is 5.32 Å². The lowest BCUT2D eigenvalue weighted by Gasteiger charge is -2.07. The van der Waals surface area contributed by atoms with Gasteiger partial charge in [-0.3, -0.25) is 4.79 Å². The number of amides is 1. The van der Waals surface area contributed by atoms with Gasteiger partial charge in [0.15, 0.2) is 11.7 Å². The number of hydrogen-bond acceptors (Lipinski definition) is 3. The zero-order valence-electron chi connectivity index (χ0n) is 13.6. The molecule has 0 aliphatic heterocycles. The minimum absolute atomic E-state index is 0.119. The van der Waals surface area contributed by atoms with Crippen LogP contribution < -0.4 is 5.32 Å². The Morgan fingerprint density at radius 2 is 2.00 bits per heavy atom. The van der Waals surface area contributed by atoms with Crippen LogP contribution in [0.15, 0.2) is 57.6 Å². The first-order valence-electron chi connectivity index (χ1n) is 7.78. The van der Waals surface area contributed by atoms with Gasteiger partial charge in [0, 0.05) is 22.9 Å². The van der Waals surface area contributed by atoms with E-state index in [2.05, 4.69) is 26.2 Å². The summed E-state index contributed by atoms with van der Waals surface area (Å²) in [7, 11) is 0. The molecule has 6 heteroatoms. The summed E-state index contributed by atoms with van der Waals surface area (Å²) in [5, 5.41) is 2.86. The normalized spacial score (nSPS) is 10.7. The highest BCUT2D eigenvalue weighted by Gasteiger charge is 2.10. The van der Waals surface area contributed by atoms with E-state index in [1.54, 1.807) is 18.3 Å². The molecule has 0 aliphatic rings. The van der Waals surface area contributed by atoms with Crippen molar-refractivity contribution in [2.24, 2.45) is 0 Å². The van der Waals surface area contributed by atoms with Crippen LogP contribution in [-0.2, 0) is 11.2 Å². The van der Waals surface area contributed by atoms with Gasteiger partial charge in [-0.05, 0) is 64.8 Å². The van der Waals surface area contributed by atoms with Crippen LogP contribution in [0.4, 0.5) is 10.1 Å². The van der Waals surface area contributed by atoms with Gasteiger partial charge in [-0.25, -0.2) is 9.37 Å². The summed E-state index contributed by atoms with van der Waals surface area (Å²) in [6.07, 6.45) is 2.22. The van der Waals surface area contributed by atoms with Crippen LogP contribution in [0.25, 0.3) is 11.3 Å². The van der Waals surface area contributed by atoms with Gasteiger partial charge in [-0.2, -0.15) is 0 Å². The van der Waals surface area contributed by atoms with Crippen LogP contribution >= 0.6 is 15.9 Å². The average molecular weight is 403 g/mol. The minimum Gasteiger partial charge on any atom is -0.441 e. The quantitative estimate of drug-likeness (QED) is 0.643.